The average Bonchev–Trinajstić information content (AvgIpc) is 2.82. The summed E-state index contributed by atoms with van der Waals surface area (Å²) >= 11 is 2.32. The van der Waals surface area contributed by atoms with Gasteiger partial charge in [0.2, 0.25) is 0 Å². The van der Waals surface area contributed by atoms with Crippen molar-refractivity contribution in [1.82, 2.24) is 15.1 Å². The third-order valence-electron chi connectivity index (χ3n) is 3.24. The van der Waals surface area contributed by atoms with E-state index in [2.05, 4.69) is 64.2 Å². The zero-order valence-electron chi connectivity index (χ0n) is 12.1. The summed E-state index contributed by atoms with van der Waals surface area (Å²) in [5.41, 5.74) is 2.28. The molecule has 0 amide bonds. The molecule has 5 heteroatoms. The predicted molar refractivity (Wildman–Crippen MR) is 89.1 cm³/mol. The van der Waals surface area contributed by atoms with Gasteiger partial charge in [0.25, 0.3) is 0 Å². The number of nitrogens with zero attached hydrogens (tertiary/aromatic N) is 2. The Balaban J connectivity index is 2.41. The average molecular weight is 385 g/mol. The molecule has 0 saturated heterocycles. The summed E-state index contributed by atoms with van der Waals surface area (Å²) < 4.78 is 8.56. The van der Waals surface area contributed by atoms with E-state index in [9.17, 15) is 0 Å². The number of hydrogen-bond donors (Lipinski definition) is 1. The van der Waals surface area contributed by atoms with Crippen LogP contribution in [-0.4, -0.2) is 23.4 Å². The molecule has 0 aliphatic rings. The number of benzene rings is 1. The fraction of sp³-hybridized carbons (Fsp3) is 0.400. The van der Waals surface area contributed by atoms with Crippen molar-refractivity contribution in [2.45, 2.75) is 19.4 Å². The molecule has 2 aromatic rings. The van der Waals surface area contributed by atoms with Gasteiger partial charge in [-0.05, 0) is 53.3 Å². The first kappa shape index (κ1) is 15.3. The quantitative estimate of drug-likeness (QED) is 0.777. The van der Waals surface area contributed by atoms with Gasteiger partial charge in [0.1, 0.15) is 5.69 Å². The van der Waals surface area contributed by atoms with Crippen LogP contribution in [0.5, 0.6) is 5.75 Å². The van der Waals surface area contributed by atoms with Crippen LogP contribution < -0.4 is 10.1 Å². The lowest BCUT2D eigenvalue weighted by atomic mass is 10.0. The zero-order valence-corrected chi connectivity index (χ0v) is 14.2. The zero-order chi connectivity index (χ0) is 14.5. The summed E-state index contributed by atoms with van der Waals surface area (Å²) in [6, 6.07) is 8.65. The van der Waals surface area contributed by atoms with Gasteiger partial charge in [0.05, 0.1) is 19.3 Å². The van der Waals surface area contributed by atoms with E-state index in [1.807, 2.05) is 11.7 Å². The van der Waals surface area contributed by atoms with E-state index in [0.717, 1.165) is 24.4 Å². The van der Waals surface area contributed by atoms with Crippen molar-refractivity contribution < 1.29 is 4.74 Å². The van der Waals surface area contributed by atoms with Crippen LogP contribution in [0.1, 0.15) is 30.6 Å². The summed E-state index contributed by atoms with van der Waals surface area (Å²) in [4.78, 5) is 0. The molecule has 0 aliphatic heterocycles. The number of aryl methyl sites for hydroxylation is 1. The van der Waals surface area contributed by atoms with Gasteiger partial charge in [0.15, 0.2) is 5.75 Å². The molecule has 1 N–H and O–H groups in total. The van der Waals surface area contributed by atoms with E-state index < -0.39 is 0 Å². The maximum atomic E-state index is 5.45. The van der Waals surface area contributed by atoms with Crippen molar-refractivity contribution in [2.24, 2.45) is 7.05 Å². The Hall–Kier alpha value is -1.08. The monoisotopic (exact) mass is 385 g/mol. The van der Waals surface area contributed by atoms with E-state index in [0.29, 0.717) is 0 Å². The molecule has 1 atom stereocenters. The van der Waals surface area contributed by atoms with Gasteiger partial charge >= 0.3 is 0 Å². The Bertz CT molecular complexity index is 551. The predicted octanol–water partition coefficient (Wildman–Crippen LogP) is 3.12. The number of ether oxygens (including phenoxy) is 1. The van der Waals surface area contributed by atoms with Crippen LogP contribution in [0, 0.1) is 3.57 Å². The molecule has 1 unspecified atom stereocenters. The van der Waals surface area contributed by atoms with E-state index in [1.165, 1.54) is 9.13 Å². The largest absolute Gasteiger partial charge is 0.493 e. The number of methoxy groups -OCH3 is 1. The number of rotatable bonds is 6. The molecule has 0 radical (unpaired) electrons. The van der Waals surface area contributed by atoms with Crippen LogP contribution >= 0.6 is 22.6 Å². The van der Waals surface area contributed by atoms with Gasteiger partial charge in [-0.25, -0.2) is 0 Å². The van der Waals surface area contributed by atoms with E-state index in [4.69, 9.17) is 4.74 Å². The Morgan fingerprint density at radius 3 is 2.65 bits per heavy atom. The minimum Gasteiger partial charge on any atom is -0.493 e. The summed E-state index contributed by atoms with van der Waals surface area (Å²) in [6.45, 7) is 3.11. The minimum atomic E-state index is 0.0920. The molecule has 0 fully saturated rings. The molecule has 1 heterocycles. The highest BCUT2D eigenvalue weighted by atomic mass is 127. The van der Waals surface area contributed by atoms with E-state index >= 15 is 0 Å². The fourth-order valence-corrected chi connectivity index (χ4v) is 2.59. The third kappa shape index (κ3) is 3.32. The smallest absolute Gasteiger partial charge is 0.161 e. The summed E-state index contributed by atoms with van der Waals surface area (Å²) in [5.74, 6) is 0.819. The van der Waals surface area contributed by atoms with E-state index in [-0.39, 0.29) is 6.04 Å². The van der Waals surface area contributed by atoms with Crippen molar-refractivity contribution in [1.29, 1.82) is 0 Å². The van der Waals surface area contributed by atoms with Crippen molar-refractivity contribution in [3.05, 3.63) is 45.3 Å². The van der Waals surface area contributed by atoms with Gasteiger partial charge in [-0.2, -0.15) is 5.10 Å². The maximum absolute atomic E-state index is 5.45. The molecule has 4 nitrogen and oxygen atoms in total. The molecule has 20 heavy (non-hydrogen) atoms. The molecule has 108 valence electrons. The van der Waals surface area contributed by atoms with Crippen molar-refractivity contribution in [3.63, 3.8) is 0 Å². The van der Waals surface area contributed by atoms with Crippen LogP contribution in [-0.2, 0) is 7.05 Å². The van der Waals surface area contributed by atoms with E-state index in [1.54, 1.807) is 13.3 Å². The standard InChI is InChI=1S/C15H20IN3O/c1-4-9-17-14(11-5-7-12(16)8-6-11)15-13(20-3)10-18-19(15)2/h5-8,10,14,17H,4,9H2,1-3H3. The van der Waals surface area contributed by atoms with Gasteiger partial charge in [-0.3, -0.25) is 4.68 Å². The number of halogens is 1. The number of nitrogens with one attached hydrogen (secondary N) is 1. The molecule has 1 aromatic heterocycles. The second kappa shape index (κ2) is 7.08. The molecule has 0 bridgehead atoms. The van der Waals surface area contributed by atoms with Gasteiger partial charge in [-0.1, -0.05) is 19.1 Å². The second-order valence-electron chi connectivity index (χ2n) is 4.66. The van der Waals surface area contributed by atoms with Crippen LogP contribution in [0.25, 0.3) is 0 Å². The summed E-state index contributed by atoms with van der Waals surface area (Å²) in [5, 5.41) is 7.89. The highest BCUT2D eigenvalue weighted by Gasteiger charge is 2.21. The Labute approximate surface area is 133 Å². The van der Waals surface area contributed by atoms with Crippen molar-refractivity contribution in [3.8, 4) is 5.75 Å². The Morgan fingerprint density at radius 2 is 2.05 bits per heavy atom. The lowest BCUT2D eigenvalue weighted by molar-refractivity contribution is 0.400. The topological polar surface area (TPSA) is 39.1 Å². The van der Waals surface area contributed by atoms with Crippen molar-refractivity contribution >= 4 is 22.6 Å². The summed E-state index contributed by atoms with van der Waals surface area (Å²) in [7, 11) is 3.64. The first-order chi connectivity index (χ1) is 9.67. The highest BCUT2D eigenvalue weighted by molar-refractivity contribution is 14.1. The molecular formula is C15H20IN3O. The molecule has 0 aliphatic carbocycles. The van der Waals surface area contributed by atoms with Crippen LogP contribution in [0.15, 0.2) is 30.5 Å². The third-order valence-corrected chi connectivity index (χ3v) is 3.96. The maximum Gasteiger partial charge on any atom is 0.161 e. The van der Waals surface area contributed by atoms with Crippen molar-refractivity contribution in [2.75, 3.05) is 13.7 Å². The van der Waals surface area contributed by atoms with Gasteiger partial charge < -0.3 is 10.1 Å². The molecule has 0 saturated carbocycles. The van der Waals surface area contributed by atoms with Crippen LogP contribution in [0.2, 0.25) is 0 Å². The van der Waals surface area contributed by atoms with Gasteiger partial charge in [-0.15, -0.1) is 0 Å². The molecular weight excluding hydrogens is 365 g/mol. The lowest BCUT2D eigenvalue weighted by Gasteiger charge is -2.20. The molecule has 2 rings (SSSR count). The number of hydrogen-bond acceptors (Lipinski definition) is 3. The second-order valence-corrected chi connectivity index (χ2v) is 5.91. The molecule has 1 aromatic carbocycles. The normalized spacial score (nSPS) is 12.4. The first-order valence-corrected chi connectivity index (χ1v) is 7.80. The van der Waals surface area contributed by atoms with Crippen LogP contribution in [0.4, 0.5) is 0 Å². The van der Waals surface area contributed by atoms with Crippen LogP contribution in [0.3, 0.4) is 0 Å². The molecule has 0 spiro atoms. The SMILES string of the molecule is CCCNC(c1ccc(I)cc1)c1c(OC)cnn1C. The summed E-state index contributed by atoms with van der Waals surface area (Å²) in [6.07, 6.45) is 2.85. The Morgan fingerprint density at radius 1 is 1.35 bits per heavy atom. The number of aromatic nitrogens is 2. The fourth-order valence-electron chi connectivity index (χ4n) is 2.23. The highest BCUT2D eigenvalue weighted by Crippen LogP contribution is 2.29. The van der Waals surface area contributed by atoms with Gasteiger partial charge in [0, 0.05) is 10.6 Å². The Kier molecular flexibility index (Phi) is 5.42. The lowest BCUT2D eigenvalue weighted by Crippen LogP contribution is -2.25. The minimum absolute atomic E-state index is 0.0920. The first-order valence-electron chi connectivity index (χ1n) is 6.72.